The summed E-state index contributed by atoms with van der Waals surface area (Å²) in [6.45, 7) is 6.67. The molecule has 1 aliphatic heterocycles. The molecule has 2 unspecified atom stereocenters. The maximum atomic E-state index is 12.9. The minimum absolute atomic E-state index is 0.0606. The zero-order valence-corrected chi connectivity index (χ0v) is 15.4. The lowest BCUT2D eigenvalue weighted by Gasteiger charge is -2.39. The highest BCUT2D eigenvalue weighted by Gasteiger charge is 2.35. The molecule has 1 aromatic rings. The maximum Gasteiger partial charge on any atom is 0.240 e. The Hall–Kier alpha value is -1.59. The molecular weight excluding hydrogens is 316 g/mol. The molecular formula is C20H30N2O3. The van der Waals surface area contributed by atoms with Gasteiger partial charge in [-0.1, -0.05) is 31.0 Å². The number of hydrogen-bond donors (Lipinski definition) is 1. The van der Waals surface area contributed by atoms with Crippen molar-refractivity contribution >= 4 is 5.91 Å². The first-order valence-corrected chi connectivity index (χ1v) is 9.56. The molecule has 0 radical (unpaired) electrons. The molecule has 2 aliphatic rings. The highest BCUT2D eigenvalue weighted by Crippen LogP contribution is 2.28. The van der Waals surface area contributed by atoms with Gasteiger partial charge in [-0.25, -0.2) is 0 Å². The van der Waals surface area contributed by atoms with Crippen LogP contribution >= 0.6 is 0 Å². The molecule has 0 aromatic heterocycles. The molecule has 5 nitrogen and oxygen atoms in total. The van der Waals surface area contributed by atoms with E-state index >= 15 is 0 Å². The molecule has 0 spiro atoms. The number of amides is 1. The largest absolute Gasteiger partial charge is 0.494 e. The van der Waals surface area contributed by atoms with E-state index in [0.717, 1.165) is 24.5 Å². The summed E-state index contributed by atoms with van der Waals surface area (Å²) in [6.07, 6.45) is 4.95. The van der Waals surface area contributed by atoms with Crippen LogP contribution in [0, 0.1) is 0 Å². The van der Waals surface area contributed by atoms with Crippen molar-refractivity contribution in [2.75, 3.05) is 26.4 Å². The average molecular weight is 346 g/mol. The van der Waals surface area contributed by atoms with Crippen LogP contribution in [-0.4, -0.2) is 49.3 Å². The average Bonchev–Trinajstić information content (AvgIpc) is 3.17. The molecule has 1 aromatic carbocycles. The number of rotatable bonds is 6. The summed E-state index contributed by atoms with van der Waals surface area (Å²) in [5.41, 5.74) is 1.02. The van der Waals surface area contributed by atoms with Crippen molar-refractivity contribution in [1.29, 1.82) is 0 Å². The summed E-state index contributed by atoms with van der Waals surface area (Å²) in [7, 11) is 0. The van der Waals surface area contributed by atoms with Crippen LogP contribution < -0.4 is 10.1 Å². The lowest BCUT2D eigenvalue weighted by Crippen LogP contribution is -2.56. The fourth-order valence-electron chi connectivity index (χ4n) is 4.03. The zero-order chi connectivity index (χ0) is 17.6. The Morgan fingerprint density at radius 2 is 2.12 bits per heavy atom. The van der Waals surface area contributed by atoms with Gasteiger partial charge < -0.3 is 14.8 Å². The monoisotopic (exact) mass is 346 g/mol. The molecule has 1 amide bonds. The molecule has 3 rings (SSSR count). The summed E-state index contributed by atoms with van der Waals surface area (Å²) in [4.78, 5) is 15.3. The second-order valence-electron chi connectivity index (χ2n) is 6.97. The van der Waals surface area contributed by atoms with Crippen molar-refractivity contribution in [1.82, 2.24) is 10.2 Å². The third-order valence-corrected chi connectivity index (χ3v) is 5.31. The number of benzene rings is 1. The number of nitrogens with zero attached hydrogens (tertiary/aromatic N) is 1. The van der Waals surface area contributed by atoms with Crippen LogP contribution in [-0.2, 0) is 9.53 Å². The van der Waals surface area contributed by atoms with E-state index in [0.29, 0.717) is 19.3 Å². The summed E-state index contributed by atoms with van der Waals surface area (Å²) in [6, 6.07) is 8.17. The molecule has 5 heteroatoms. The van der Waals surface area contributed by atoms with Crippen LogP contribution in [0.25, 0.3) is 0 Å². The second kappa shape index (κ2) is 8.68. The lowest BCUT2D eigenvalue weighted by atomic mass is 10.1. The van der Waals surface area contributed by atoms with Gasteiger partial charge in [-0.15, -0.1) is 0 Å². The maximum absolute atomic E-state index is 12.9. The van der Waals surface area contributed by atoms with Gasteiger partial charge in [0.2, 0.25) is 5.91 Å². The predicted octanol–water partition coefficient (Wildman–Crippen LogP) is 2.91. The van der Waals surface area contributed by atoms with Crippen LogP contribution in [0.3, 0.4) is 0 Å². The van der Waals surface area contributed by atoms with Crippen molar-refractivity contribution < 1.29 is 14.3 Å². The Kier molecular flexibility index (Phi) is 6.32. The topological polar surface area (TPSA) is 50.8 Å². The SMILES string of the molecule is CCOc1ccccc1C(C)NC(=O)C1COCCN1C1CCCC1. The second-order valence-corrected chi connectivity index (χ2v) is 6.97. The Balaban J connectivity index is 1.67. The van der Waals surface area contributed by atoms with Gasteiger partial charge in [0, 0.05) is 18.2 Å². The molecule has 2 fully saturated rings. The number of nitrogens with one attached hydrogen (secondary N) is 1. The minimum Gasteiger partial charge on any atom is -0.494 e. The quantitative estimate of drug-likeness (QED) is 0.860. The Morgan fingerprint density at radius 1 is 1.36 bits per heavy atom. The summed E-state index contributed by atoms with van der Waals surface area (Å²) < 4.78 is 11.3. The number of hydrogen-bond acceptors (Lipinski definition) is 4. The van der Waals surface area contributed by atoms with E-state index in [-0.39, 0.29) is 18.0 Å². The van der Waals surface area contributed by atoms with E-state index < -0.39 is 0 Å². The van der Waals surface area contributed by atoms with Crippen molar-refractivity contribution in [3.8, 4) is 5.75 Å². The van der Waals surface area contributed by atoms with Crippen LogP contribution in [0.15, 0.2) is 24.3 Å². The molecule has 1 heterocycles. The summed E-state index contributed by atoms with van der Waals surface area (Å²) in [5, 5.41) is 3.18. The standard InChI is InChI=1S/C20H30N2O3/c1-3-25-19-11-7-6-10-17(19)15(2)21-20(23)18-14-24-13-12-22(18)16-8-4-5-9-16/h6-7,10-11,15-16,18H,3-5,8-9,12-14H2,1-2H3,(H,21,23). The molecule has 2 atom stereocenters. The van der Waals surface area contributed by atoms with E-state index in [9.17, 15) is 4.79 Å². The Bertz CT molecular complexity index is 572. The first-order valence-electron chi connectivity index (χ1n) is 9.56. The van der Waals surface area contributed by atoms with E-state index in [1.165, 1.54) is 25.7 Å². The summed E-state index contributed by atoms with van der Waals surface area (Å²) >= 11 is 0. The van der Waals surface area contributed by atoms with E-state index in [1.54, 1.807) is 0 Å². The third-order valence-electron chi connectivity index (χ3n) is 5.31. The van der Waals surface area contributed by atoms with Crippen LogP contribution in [0.1, 0.15) is 51.1 Å². The van der Waals surface area contributed by atoms with E-state index in [2.05, 4.69) is 10.2 Å². The number of para-hydroxylation sites is 1. The van der Waals surface area contributed by atoms with E-state index in [4.69, 9.17) is 9.47 Å². The van der Waals surface area contributed by atoms with Crippen molar-refractivity contribution in [3.63, 3.8) is 0 Å². The van der Waals surface area contributed by atoms with Gasteiger partial charge in [-0.05, 0) is 32.8 Å². The first kappa shape index (κ1) is 18.2. The van der Waals surface area contributed by atoms with E-state index in [1.807, 2.05) is 38.1 Å². The van der Waals surface area contributed by atoms with Crippen LogP contribution in [0.4, 0.5) is 0 Å². The summed E-state index contributed by atoms with van der Waals surface area (Å²) in [5.74, 6) is 0.899. The minimum atomic E-state index is -0.182. The molecule has 1 saturated carbocycles. The molecule has 1 N–H and O–H groups in total. The first-order chi connectivity index (χ1) is 12.2. The van der Waals surface area contributed by atoms with Gasteiger partial charge in [0.05, 0.1) is 25.9 Å². The highest BCUT2D eigenvalue weighted by atomic mass is 16.5. The number of carbonyl (C=O) groups excluding carboxylic acids is 1. The number of ether oxygens (including phenoxy) is 2. The van der Waals surface area contributed by atoms with Gasteiger partial charge in [0.15, 0.2) is 0 Å². The Morgan fingerprint density at radius 3 is 2.88 bits per heavy atom. The van der Waals surface area contributed by atoms with Gasteiger partial charge in [-0.3, -0.25) is 9.69 Å². The molecule has 1 saturated heterocycles. The molecule has 1 aliphatic carbocycles. The smallest absolute Gasteiger partial charge is 0.240 e. The fraction of sp³-hybridized carbons (Fsp3) is 0.650. The van der Waals surface area contributed by atoms with Crippen LogP contribution in [0.5, 0.6) is 5.75 Å². The molecule has 138 valence electrons. The predicted molar refractivity (Wildman–Crippen MR) is 97.7 cm³/mol. The van der Waals surface area contributed by atoms with Gasteiger partial charge in [0.25, 0.3) is 0 Å². The molecule has 25 heavy (non-hydrogen) atoms. The number of carbonyl (C=O) groups is 1. The van der Waals surface area contributed by atoms with Crippen molar-refractivity contribution in [2.45, 2.75) is 57.7 Å². The zero-order valence-electron chi connectivity index (χ0n) is 15.4. The fourth-order valence-corrected chi connectivity index (χ4v) is 4.03. The Labute approximate surface area is 150 Å². The van der Waals surface area contributed by atoms with Crippen LogP contribution in [0.2, 0.25) is 0 Å². The van der Waals surface area contributed by atoms with Crippen molar-refractivity contribution in [2.24, 2.45) is 0 Å². The lowest BCUT2D eigenvalue weighted by molar-refractivity contribution is -0.135. The van der Waals surface area contributed by atoms with Crippen molar-refractivity contribution in [3.05, 3.63) is 29.8 Å². The van der Waals surface area contributed by atoms with Gasteiger partial charge in [0.1, 0.15) is 11.8 Å². The number of morpholine rings is 1. The van der Waals surface area contributed by atoms with Gasteiger partial charge in [-0.2, -0.15) is 0 Å². The molecule has 0 bridgehead atoms. The van der Waals surface area contributed by atoms with Gasteiger partial charge >= 0.3 is 0 Å². The third kappa shape index (κ3) is 4.33. The highest BCUT2D eigenvalue weighted by molar-refractivity contribution is 5.82. The normalized spacial score (nSPS) is 23.4.